The third kappa shape index (κ3) is 3.54. The average molecular weight is 318 g/mol. The van der Waals surface area contributed by atoms with E-state index in [4.69, 9.17) is 0 Å². The Morgan fingerprint density at radius 3 is 2.46 bits per heavy atom. The van der Waals surface area contributed by atoms with Crippen LogP contribution in [0.3, 0.4) is 0 Å². The summed E-state index contributed by atoms with van der Waals surface area (Å²) in [6.45, 7) is 4.19. The number of hydrogen-bond acceptors (Lipinski definition) is 4. The molecule has 0 spiro atoms. The van der Waals surface area contributed by atoms with Crippen molar-refractivity contribution in [2.45, 2.75) is 13.8 Å². The van der Waals surface area contributed by atoms with E-state index in [0.717, 1.165) is 16.9 Å². The Morgan fingerprint density at radius 2 is 1.75 bits per heavy atom. The second-order valence-corrected chi connectivity index (χ2v) is 6.20. The van der Waals surface area contributed by atoms with E-state index in [0.29, 0.717) is 0 Å². The van der Waals surface area contributed by atoms with E-state index in [9.17, 15) is 0 Å². The number of fused-ring (bicyclic) bond motifs is 1. The van der Waals surface area contributed by atoms with Crippen molar-refractivity contribution in [1.29, 1.82) is 0 Å². The molecular weight excluding hydrogens is 296 g/mol. The summed E-state index contributed by atoms with van der Waals surface area (Å²) in [5.41, 5.74) is 8.65. The highest BCUT2D eigenvalue weighted by Gasteiger charge is 2.02. The number of hydrazone groups is 1. The summed E-state index contributed by atoms with van der Waals surface area (Å²) in [5.74, 6) is 0.755. The van der Waals surface area contributed by atoms with Crippen molar-refractivity contribution < 1.29 is 0 Å². The predicted octanol–water partition coefficient (Wildman–Crippen LogP) is 4.36. The molecule has 1 N–H and O–H groups in total. The van der Waals surface area contributed by atoms with Crippen LogP contribution in [0.1, 0.15) is 16.7 Å². The lowest BCUT2D eigenvalue weighted by Crippen LogP contribution is -2.08. The van der Waals surface area contributed by atoms with Gasteiger partial charge in [-0.15, -0.1) is 0 Å². The third-order valence-electron chi connectivity index (χ3n) is 3.97. The monoisotopic (exact) mass is 318 g/mol. The smallest absolute Gasteiger partial charge is 0.147 e. The zero-order valence-corrected chi connectivity index (χ0v) is 14.5. The lowest BCUT2D eigenvalue weighted by atomic mass is 10.1. The maximum atomic E-state index is 4.61. The average Bonchev–Trinajstić information content (AvgIpc) is 2.56. The van der Waals surface area contributed by atoms with Gasteiger partial charge in [0.2, 0.25) is 0 Å². The highest BCUT2D eigenvalue weighted by molar-refractivity contribution is 5.85. The number of anilines is 2. The fourth-order valence-electron chi connectivity index (χ4n) is 2.60. The number of aromatic nitrogens is 1. The SMILES string of the molecule is Cc1ccc2nc(N/N=C\c3ccc(N(C)C)cc3)cc(C)c2c1. The molecule has 4 heteroatoms. The molecule has 0 saturated heterocycles. The van der Waals surface area contributed by atoms with E-state index < -0.39 is 0 Å². The first-order chi connectivity index (χ1) is 11.5. The maximum Gasteiger partial charge on any atom is 0.147 e. The molecule has 0 radical (unpaired) electrons. The van der Waals surface area contributed by atoms with Gasteiger partial charge in [0.05, 0.1) is 11.7 Å². The number of nitrogens with zero attached hydrogens (tertiary/aromatic N) is 3. The van der Waals surface area contributed by atoms with Crippen molar-refractivity contribution in [2.75, 3.05) is 24.4 Å². The number of hydrogen-bond donors (Lipinski definition) is 1. The molecule has 24 heavy (non-hydrogen) atoms. The quantitative estimate of drug-likeness (QED) is 0.574. The van der Waals surface area contributed by atoms with Crippen molar-refractivity contribution in [2.24, 2.45) is 5.10 Å². The van der Waals surface area contributed by atoms with E-state index >= 15 is 0 Å². The van der Waals surface area contributed by atoms with Crippen LogP contribution < -0.4 is 10.3 Å². The van der Waals surface area contributed by atoms with Gasteiger partial charge in [0.25, 0.3) is 0 Å². The first kappa shape index (κ1) is 16.0. The van der Waals surface area contributed by atoms with Crippen molar-refractivity contribution in [3.05, 3.63) is 65.2 Å². The minimum atomic E-state index is 0.755. The second-order valence-electron chi connectivity index (χ2n) is 6.20. The van der Waals surface area contributed by atoms with Gasteiger partial charge in [-0.05, 0) is 55.3 Å². The van der Waals surface area contributed by atoms with E-state index in [1.807, 2.05) is 38.4 Å². The molecule has 2 aromatic carbocycles. The fourth-order valence-corrected chi connectivity index (χ4v) is 2.60. The Kier molecular flexibility index (Phi) is 4.47. The molecule has 122 valence electrons. The second kappa shape index (κ2) is 6.71. The number of aryl methyl sites for hydroxylation is 2. The summed E-state index contributed by atoms with van der Waals surface area (Å²) in [5, 5.41) is 5.48. The third-order valence-corrected chi connectivity index (χ3v) is 3.97. The van der Waals surface area contributed by atoms with Gasteiger partial charge in [0.1, 0.15) is 5.82 Å². The fraction of sp³-hybridized carbons (Fsp3) is 0.200. The summed E-state index contributed by atoms with van der Waals surface area (Å²) in [7, 11) is 4.06. The van der Waals surface area contributed by atoms with Gasteiger partial charge in [0, 0.05) is 25.2 Å². The molecule has 3 aromatic rings. The molecule has 1 heterocycles. The van der Waals surface area contributed by atoms with Crippen LogP contribution in [0.25, 0.3) is 10.9 Å². The van der Waals surface area contributed by atoms with Crippen molar-refractivity contribution in [3.8, 4) is 0 Å². The molecule has 0 atom stereocenters. The topological polar surface area (TPSA) is 40.5 Å². The molecule has 0 bridgehead atoms. The number of pyridine rings is 1. The van der Waals surface area contributed by atoms with Crippen molar-refractivity contribution in [1.82, 2.24) is 4.98 Å². The largest absolute Gasteiger partial charge is 0.378 e. The molecule has 0 aliphatic carbocycles. The molecule has 1 aromatic heterocycles. The summed E-state index contributed by atoms with van der Waals surface area (Å²) in [6.07, 6.45) is 1.80. The van der Waals surface area contributed by atoms with E-state index in [1.165, 1.54) is 22.2 Å². The van der Waals surface area contributed by atoms with Crippen LogP contribution in [0.2, 0.25) is 0 Å². The highest BCUT2D eigenvalue weighted by Crippen LogP contribution is 2.21. The van der Waals surface area contributed by atoms with Crippen molar-refractivity contribution in [3.63, 3.8) is 0 Å². The van der Waals surface area contributed by atoms with Gasteiger partial charge in [0.15, 0.2) is 0 Å². The Morgan fingerprint density at radius 1 is 1.00 bits per heavy atom. The molecule has 3 rings (SSSR count). The number of nitrogens with one attached hydrogen (secondary N) is 1. The molecule has 0 fully saturated rings. The number of rotatable bonds is 4. The van der Waals surface area contributed by atoms with E-state index in [1.54, 1.807) is 6.21 Å². The first-order valence-corrected chi connectivity index (χ1v) is 7.97. The van der Waals surface area contributed by atoms with Crippen LogP contribution in [0.4, 0.5) is 11.5 Å². The van der Waals surface area contributed by atoms with Gasteiger partial charge in [-0.1, -0.05) is 23.8 Å². The van der Waals surface area contributed by atoms with Crippen LogP contribution >= 0.6 is 0 Å². The van der Waals surface area contributed by atoms with E-state index in [2.05, 4.69) is 58.5 Å². The summed E-state index contributed by atoms with van der Waals surface area (Å²) in [6, 6.07) is 16.5. The van der Waals surface area contributed by atoms with Gasteiger partial charge in [-0.2, -0.15) is 5.10 Å². The molecule has 0 amide bonds. The van der Waals surface area contributed by atoms with Gasteiger partial charge in [-0.25, -0.2) is 4.98 Å². The lowest BCUT2D eigenvalue weighted by molar-refractivity contribution is 1.13. The summed E-state index contributed by atoms with van der Waals surface area (Å²) >= 11 is 0. The standard InChI is InChI=1S/C20H22N4/c1-14-5-10-19-18(11-14)15(2)12-20(22-19)23-21-13-16-6-8-17(9-7-16)24(3)4/h5-13H,1-4H3,(H,22,23)/b21-13-. The summed E-state index contributed by atoms with van der Waals surface area (Å²) in [4.78, 5) is 6.69. The molecule has 0 aliphatic heterocycles. The van der Waals surface area contributed by atoms with Gasteiger partial charge >= 0.3 is 0 Å². The number of benzene rings is 2. The Bertz CT molecular complexity index is 880. The van der Waals surface area contributed by atoms with Gasteiger partial charge < -0.3 is 4.90 Å². The lowest BCUT2D eigenvalue weighted by Gasteiger charge is -2.11. The Balaban J connectivity index is 1.76. The minimum absolute atomic E-state index is 0.755. The molecule has 0 aliphatic rings. The van der Waals surface area contributed by atoms with E-state index in [-0.39, 0.29) is 0 Å². The first-order valence-electron chi connectivity index (χ1n) is 7.97. The summed E-state index contributed by atoms with van der Waals surface area (Å²) < 4.78 is 0. The van der Waals surface area contributed by atoms with Crippen LogP contribution in [0, 0.1) is 13.8 Å². The van der Waals surface area contributed by atoms with Crippen LogP contribution in [-0.2, 0) is 0 Å². The molecule has 4 nitrogen and oxygen atoms in total. The Hall–Kier alpha value is -2.88. The van der Waals surface area contributed by atoms with Crippen LogP contribution in [0.5, 0.6) is 0 Å². The Labute approximate surface area is 142 Å². The van der Waals surface area contributed by atoms with Gasteiger partial charge in [-0.3, -0.25) is 5.43 Å². The highest BCUT2D eigenvalue weighted by atomic mass is 15.3. The van der Waals surface area contributed by atoms with Crippen LogP contribution in [-0.4, -0.2) is 25.3 Å². The zero-order chi connectivity index (χ0) is 17.1. The maximum absolute atomic E-state index is 4.61. The normalized spacial score (nSPS) is 11.2. The van der Waals surface area contributed by atoms with Crippen LogP contribution in [0.15, 0.2) is 53.6 Å². The minimum Gasteiger partial charge on any atom is -0.378 e. The molecule has 0 saturated carbocycles. The predicted molar refractivity (Wildman–Crippen MR) is 103 cm³/mol. The van der Waals surface area contributed by atoms with Crippen molar-refractivity contribution >= 4 is 28.6 Å². The zero-order valence-electron chi connectivity index (χ0n) is 14.5. The molecule has 0 unspecified atom stereocenters. The molecular formula is C20H22N4.